The molecule has 11 heavy (non-hydrogen) atoms. The zero-order chi connectivity index (χ0) is 8.10. The van der Waals surface area contributed by atoms with Gasteiger partial charge in [0.15, 0.2) is 0 Å². The monoisotopic (exact) mass is 145 g/mol. The summed E-state index contributed by atoms with van der Waals surface area (Å²) in [5.74, 6) is 0.413. The highest BCUT2D eigenvalue weighted by Crippen LogP contribution is 2.18. The fourth-order valence-corrected chi connectivity index (χ4v) is 1.18. The maximum Gasteiger partial charge on any atom is 0.00184 e. The molecule has 0 heterocycles. The molecule has 57 valence electrons. The maximum atomic E-state index is 5.49. The molecule has 0 spiro atoms. The van der Waals surface area contributed by atoms with E-state index in [9.17, 15) is 0 Å². The molecule has 0 bridgehead atoms. The quantitative estimate of drug-likeness (QED) is 0.612. The molecule has 1 aromatic rings. The topological polar surface area (TPSA) is 0 Å². The average molecular weight is 145 g/mol. The fourth-order valence-electron chi connectivity index (χ4n) is 1.18. The van der Waals surface area contributed by atoms with Crippen LogP contribution in [-0.4, -0.2) is 0 Å². The minimum absolute atomic E-state index is 0.413. The van der Waals surface area contributed by atoms with E-state index in [-0.39, 0.29) is 0 Å². The summed E-state index contributed by atoms with van der Waals surface area (Å²) in [5, 5.41) is 0. The first-order valence-electron chi connectivity index (χ1n) is 3.98. The van der Waals surface area contributed by atoms with Crippen molar-refractivity contribution in [3.63, 3.8) is 0 Å². The van der Waals surface area contributed by atoms with Crippen LogP contribution in [0.3, 0.4) is 0 Å². The Morgan fingerprint density at radius 2 is 2.00 bits per heavy atom. The smallest absolute Gasteiger partial charge is 0.00184 e. The summed E-state index contributed by atoms with van der Waals surface area (Å²) >= 11 is 0. The van der Waals surface area contributed by atoms with Gasteiger partial charge in [0.2, 0.25) is 0 Å². The standard InChI is InChI=1S/C11H13/c1-3-10(4-2)11-8-6-5-7-9-11/h1,3,5-10H,4H2,2H3. The van der Waals surface area contributed by atoms with Crippen LogP contribution in [0.2, 0.25) is 0 Å². The lowest BCUT2D eigenvalue weighted by atomic mass is 9.97. The van der Waals surface area contributed by atoms with Gasteiger partial charge in [-0.15, -0.1) is 0 Å². The van der Waals surface area contributed by atoms with E-state index in [4.69, 9.17) is 6.58 Å². The van der Waals surface area contributed by atoms with Crippen molar-refractivity contribution >= 4 is 0 Å². The van der Waals surface area contributed by atoms with Gasteiger partial charge in [-0.3, -0.25) is 0 Å². The lowest BCUT2D eigenvalue weighted by Gasteiger charge is -2.08. The molecule has 0 heteroatoms. The van der Waals surface area contributed by atoms with Crippen LogP contribution < -0.4 is 0 Å². The SMILES string of the molecule is [CH]=CC(CC)c1ccccc1. The van der Waals surface area contributed by atoms with Gasteiger partial charge in [0.25, 0.3) is 0 Å². The third kappa shape index (κ3) is 1.94. The highest BCUT2D eigenvalue weighted by molar-refractivity contribution is 5.22. The molecule has 0 aliphatic carbocycles. The minimum atomic E-state index is 0.413. The molecule has 1 atom stereocenters. The van der Waals surface area contributed by atoms with Crippen LogP contribution in [0.25, 0.3) is 0 Å². The van der Waals surface area contributed by atoms with Gasteiger partial charge < -0.3 is 0 Å². The lowest BCUT2D eigenvalue weighted by Crippen LogP contribution is -1.90. The van der Waals surface area contributed by atoms with E-state index in [0.717, 1.165) is 6.42 Å². The first-order chi connectivity index (χ1) is 5.38. The molecule has 0 aliphatic rings. The second-order valence-corrected chi connectivity index (χ2v) is 2.62. The number of rotatable bonds is 3. The third-order valence-electron chi connectivity index (χ3n) is 1.90. The maximum absolute atomic E-state index is 5.49. The van der Waals surface area contributed by atoms with Crippen LogP contribution in [-0.2, 0) is 0 Å². The second kappa shape index (κ2) is 3.97. The van der Waals surface area contributed by atoms with Gasteiger partial charge >= 0.3 is 0 Å². The molecule has 1 unspecified atom stereocenters. The Kier molecular flexibility index (Phi) is 2.91. The Balaban J connectivity index is 2.82. The molecule has 1 aromatic carbocycles. The number of hydrogen-bond donors (Lipinski definition) is 0. The second-order valence-electron chi connectivity index (χ2n) is 2.62. The van der Waals surface area contributed by atoms with E-state index in [0.29, 0.717) is 5.92 Å². The molecule has 0 nitrogen and oxygen atoms in total. The molecule has 1 radical (unpaired) electrons. The van der Waals surface area contributed by atoms with Crippen LogP contribution in [0.15, 0.2) is 36.4 Å². The highest BCUT2D eigenvalue weighted by Gasteiger charge is 2.01. The zero-order valence-electron chi connectivity index (χ0n) is 6.83. The summed E-state index contributed by atoms with van der Waals surface area (Å²) in [6, 6.07) is 10.3. The normalized spacial score (nSPS) is 12.5. The van der Waals surface area contributed by atoms with Crippen molar-refractivity contribution in [2.45, 2.75) is 19.3 Å². The molecule has 0 fully saturated rings. The van der Waals surface area contributed by atoms with Crippen molar-refractivity contribution in [1.29, 1.82) is 0 Å². The van der Waals surface area contributed by atoms with Gasteiger partial charge in [-0.05, 0) is 12.0 Å². The summed E-state index contributed by atoms with van der Waals surface area (Å²) in [5.41, 5.74) is 1.30. The Hall–Kier alpha value is -1.04. The van der Waals surface area contributed by atoms with Gasteiger partial charge in [-0.25, -0.2) is 0 Å². The molecule has 0 aromatic heterocycles. The summed E-state index contributed by atoms with van der Waals surface area (Å²) < 4.78 is 0. The van der Waals surface area contributed by atoms with E-state index in [1.54, 1.807) is 6.08 Å². The van der Waals surface area contributed by atoms with Gasteiger partial charge in [0.05, 0.1) is 0 Å². The lowest BCUT2D eigenvalue weighted by molar-refractivity contribution is 0.806. The zero-order valence-corrected chi connectivity index (χ0v) is 6.83. The number of benzene rings is 1. The van der Waals surface area contributed by atoms with Crippen LogP contribution >= 0.6 is 0 Å². The largest absolute Gasteiger partial charge is 0.0770 e. The number of allylic oxidation sites excluding steroid dienone is 1. The Morgan fingerprint density at radius 1 is 1.36 bits per heavy atom. The van der Waals surface area contributed by atoms with E-state index >= 15 is 0 Å². The molecule has 0 saturated heterocycles. The average Bonchev–Trinajstić information content (AvgIpc) is 2.09. The van der Waals surface area contributed by atoms with Crippen LogP contribution in [0.5, 0.6) is 0 Å². The van der Waals surface area contributed by atoms with E-state index in [2.05, 4.69) is 19.1 Å². The van der Waals surface area contributed by atoms with Crippen molar-refractivity contribution in [2.75, 3.05) is 0 Å². The molecule has 1 rings (SSSR count). The molecular formula is C11H13. The Bertz CT molecular complexity index is 211. The molecule has 0 amide bonds. The van der Waals surface area contributed by atoms with Crippen LogP contribution in [0, 0.1) is 6.58 Å². The van der Waals surface area contributed by atoms with E-state index in [1.165, 1.54) is 5.56 Å². The van der Waals surface area contributed by atoms with Gasteiger partial charge in [-0.1, -0.05) is 49.9 Å². The first-order valence-corrected chi connectivity index (χ1v) is 3.98. The van der Waals surface area contributed by atoms with E-state index < -0.39 is 0 Å². The molecule has 0 saturated carbocycles. The van der Waals surface area contributed by atoms with Crippen LogP contribution in [0.4, 0.5) is 0 Å². The summed E-state index contributed by atoms with van der Waals surface area (Å²) in [7, 11) is 0. The first kappa shape index (κ1) is 8.06. The third-order valence-corrected chi connectivity index (χ3v) is 1.90. The highest BCUT2D eigenvalue weighted by atomic mass is 14.1. The summed E-state index contributed by atoms with van der Waals surface area (Å²) in [6.07, 6.45) is 2.83. The predicted molar refractivity (Wildman–Crippen MR) is 48.3 cm³/mol. The van der Waals surface area contributed by atoms with Crippen molar-refractivity contribution in [2.24, 2.45) is 0 Å². The fraction of sp³-hybridized carbons (Fsp3) is 0.273. The molecular weight excluding hydrogens is 132 g/mol. The molecule has 0 aliphatic heterocycles. The summed E-state index contributed by atoms with van der Waals surface area (Å²) in [6.45, 7) is 7.63. The Labute approximate surface area is 68.6 Å². The van der Waals surface area contributed by atoms with Crippen molar-refractivity contribution < 1.29 is 0 Å². The van der Waals surface area contributed by atoms with Gasteiger partial charge in [0.1, 0.15) is 0 Å². The Morgan fingerprint density at radius 3 is 2.45 bits per heavy atom. The van der Waals surface area contributed by atoms with Crippen molar-refractivity contribution in [1.82, 2.24) is 0 Å². The number of hydrogen-bond acceptors (Lipinski definition) is 0. The predicted octanol–water partition coefficient (Wildman–Crippen LogP) is 3.17. The van der Waals surface area contributed by atoms with Gasteiger partial charge in [-0.2, -0.15) is 0 Å². The van der Waals surface area contributed by atoms with E-state index in [1.807, 2.05) is 18.2 Å². The van der Waals surface area contributed by atoms with Crippen LogP contribution in [0.1, 0.15) is 24.8 Å². The minimum Gasteiger partial charge on any atom is -0.0770 e. The van der Waals surface area contributed by atoms with Crippen molar-refractivity contribution in [3.8, 4) is 0 Å². The summed E-state index contributed by atoms with van der Waals surface area (Å²) in [4.78, 5) is 0. The van der Waals surface area contributed by atoms with Gasteiger partial charge in [0, 0.05) is 5.92 Å². The molecule has 0 N–H and O–H groups in total. The van der Waals surface area contributed by atoms with Crippen molar-refractivity contribution in [3.05, 3.63) is 48.6 Å².